The smallest absolute Gasteiger partial charge is 0.310 e. The Hall–Kier alpha value is -2.18. The van der Waals surface area contributed by atoms with Crippen LogP contribution >= 0.6 is 0 Å². The van der Waals surface area contributed by atoms with E-state index >= 15 is 0 Å². The molecule has 3 rings (SSSR count). The number of ether oxygens (including phenoxy) is 1. The Morgan fingerprint density at radius 1 is 1.21 bits per heavy atom. The summed E-state index contributed by atoms with van der Waals surface area (Å²) < 4.78 is 5.15. The Balaban J connectivity index is 1.64. The summed E-state index contributed by atoms with van der Waals surface area (Å²) in [5.74, 6) is 0.533. The highest BCUT2D eigenvalue weighted by Gasteiger charge is 2.34. The Kier molecular flexibility index (Phi) is 6.86. The van der Waals surface area contributed by atoms with Crippen molar-refractivity contribution in [2.45, 2.75) is 52.9 Å². The van der Waals surface area contributed by atoms with Gasteiger partial charge in [-0.15, -0.1) is 0 Å². The molecule has 154 valence electrons. The van der Waals surface area contributed by atoms with E-state index in [1.807, 2.05) is 18.0 Å². The van der Waals surface area contributed by atoms with Crippen LogP contribution in [0, 0.1) is 11.8 Å². The third kappa shape index (κ3) is 4.45. The monoisotopic (exact) mass is 388 g/mol. The summed E-state index contributed by atoms with van der Waals surface area (Å²) in [5, 5.41) is 0. The molecule has 1 aromatic heterocycles. The molecule has 0 radical (unpaired) electrons. The highest BCUT2D eigenvalue weighted by atomic mass is 16.5. The Labute approximate surface area is 167 Å². The maximum Gasteiger partial charge on any atom is 0.310 e. The van der Waals surface area contributed by atoms with Gasteiger partial charge >= 0.3 is 5.97 Å². The number of aromatic nitrogens is 2. The van der Waals surface area contributed by atoms with Gasteiger partial charge in [0.25, 0.3) is 0 Å². The molecule has 7 heteroatoms. The maximum atomic E-state index is 13.1. The molecule has 1 amide bonds. The topological polar surface area (TPSA) is 75.6 Å². The molecule has 0 aromatic carbocycles. The molecular formula is C21H32N4O3. The molecule has 0 spiro atoms. The molecule has 0 N–H and O–H groups in total. The highest BCUT2D eigenvalue weighted by Crippen LogP contribution is 2.28. The van der Waals surface area contributed by atoms with Crippen molar-refractivity contribution in [1.29, 1.82) is 0 Å². The first-order valence-corrected chi connectivity index (χ1v) is 10.6. The van der Waals surface area contributed by atoms with Crippen LogP contribution in [0.4, 0.5) is 5.95 Å². The van der Waals surface area contributed by atoms with Gasteiger partial charge in [-0.2, -0.15) is 0 Å². The highest BCUT2D eigenvalue weighted by molar-refractivity contribution is 5.81. The average Bonchev–Trinajstić information content (AvgIpc) is 2.74. The quantitative estimate of drug-likeness (QED) is 0.696. The van der Waals surface area contributed by atoms with Gasteiger partial charge in [0.1, 0.15) is 0 Å². The van der Waals surface area contributed by atoms with E-state index in [-0.39, 0.29) is 23.7 Å². The number of likely N-dealkylation sites (tertiary alicyclic amines) is 1. The van der Waals surface area contributed by atoms with Gasteiger partial charge < -0.3 is 14.5 Å². The fraction of sp³-hybridized carbons (Fsp3) is 0.714. The minimum atomic E-state index is -0.187. The zero-order chi connectivity index (χ0) is 20.1. The van der Waals surface area contributed by atoms with Gasteiger partial charge in [0.15, 0.2) is 0 Å². The molecule has 2 aliphatic rings. The zero-order valence-corrected chi connectivity index (χ0v) is 17.3. The number of carbonyl (C=O) groups is 2. The summed E-state index contributed by atoms with van der Waals surface area (Å²) in [6, 6.07) is 0. The number of hydrogen-bond donors (Lipinski definition) is 0. The lowest BCUT2D eigenvalue weighted by Gasteiger charge is -2.35. The van der Waals surface area contributed by atoms with Crippen LogP contribution in [0.25, 0.3) is 0 Å². The van der Waals surface area contributed by atoms with Crippen LogP contribution in [-0.4, -0.2) is 59.5 Å². The van der Waals surface area contributed by atoms with Crippen LogP contribution in [-0.2, 0) is 27.2 Å². The predicted molar refractivity (Wildman–Crippen MR) is 107 cm³/mol. The SMILES string of the molecule is CCOC(=O)[C@H]1CCCN(C(=O)[C@@H]2CCc3nc(N(CC)CC)ncc3C2)C1. The average molecular weight is 389 g/mol. The second-order valence-electron chi connectivity index (χ2n) is 7.63. The van der Waals surface area contributed by atoms with Crippen molar-refractivity contribution in [2.24, 2.45) is 11.8 Å². The van der Waals surface area contributed by atoms with Gasteiger partial charge in [-0.05, 0) is 58.4 Å². The molecule has 1 saturated heterocycles. The Morgan fingerprint density at radius 2 is 2.00 bits per heavy atom. The Morgan fingerprint density at radius 3 is 2.71 bits per heavy atom. The molecule has 1 aromatic rings. The van der Waals surface area contributed by atoms with Crippen LogP contribution in [0.2, 0.25) is 0 Å². The summed E-state index contributed by atoms with van der Waals surface area (Å²) in [5.41, 5.74) is 2.16. The third-order valence-corrected chi connectivity index (χ3v) is 5.89. The number of hydrogen-bond acceptors (Lipinski definition) is 6. The van der Waals surface area contributed by atoms with E-state index in [1.165, 1.54) is 0 Å². The molecule has 1 fully saturated rings. The van der Waals surface area contributed by atoms with Crippen LogP contribution in [0.1, 0.15) is 51.3 Å². The van der Waals surface area contributed by atoms with E-state index in [9.17, 15) is 9.59 Å². The predicted octanol–water partition coefficient (Wildman–Crippen LogP) is 2.23. The summed E-state index contributed by atoms with van der Waals surface area (Å²) in [7, 11) is 0. The molecule has 2 heterocycles. The van der Waals surface area contributed by atoms with Crippen molar-refractivity contribution >= 4 is 17.8 Å². The van der Waals surface area contributed by atoms with Gasteiger partial charge in [0.2, 0.25) is 11.9 Å². The Bertz CT molecular complexity index is 705. The van der Waals surface area contributed by atoms with Gasteiger partial charge in [-0.25, -0.2) is 9.97 Å². The van der Waals surface area contributed by atoms with E-state index < -0.39 is 0 Å². The van der Waals surface area contributed by atoms with E-state index in [2.05, 4.69) is 23.7 Å². The second-order valence-corrected chi connectivity index (χ2v) is 7.63. The van der Waals surface area contributed by atoms with E-state index in [0.29, 0.717) is 19.6 Å². The lowest BCUT2D eigenvalue weighted by molar-refractivity contribution is -0.152. The van der Waals surface area contributed by atoms with Crippen molar-refractivity contribution in [3.05, 3.63) is 17.5 Å². The van der Waals surface area contributed by atoms with E-state index in [0.717, 1.165) is 62.5 Å². The molecule has 1 aliphatic carbocycles. The molecule has 0 saturated carbocycles. The first-order chi connectivity index (χ1) is 13.6. The number of nitrogens with zero attached hydrogens (tertiary/aromatic N) is 4. The lowest BCUT2D eigenvalue weighted by atomic mass is 9.85. The fourth-order valence-electron chi connectivity index (χ4n) is 4.25. The van der Waals surface area contributed by atoms with Crippen molar-refractivity contribution in [1.82, 2.24) is 14.9 Å². The zero-order valence-electron chi connectivity index (χ0n) is 17.3. The van der Waals surface area contributed by atoms with Crippen LogP contribution in [0.3, 0.4) is 0 Å². The molecular weight excluding hydrogens is 356 g/mol. The van der Waals surface area contributed by atoms with Gasteiger partial charge in [-0.3, -0.25) is 9.59 Å². The molecule has 1 aliphatic heterocycles. The molecule has 2 atom stereocenters. The number of amides is 1. The summed E-state index contributed by atoms with van der Waals surface area (Å²) >= 11 is 0. The van der Waals surface area contributed by atoms with E-state index in [1.54, 1.807) is 0 Å². The van der Waals surface area contributed by atoms with Gasteiger partial charge in [0, 0.05) is 44.0 Å². The van der Waals surface area contributed by atoms with Crippen LogP contribution in [0.15, 0.2) is 6.20 Å². The largest absolute Gasteiger partial charge is 0.466 e. The number of rotatable bonds is 6. The summed E-state index contributed by atoms with van der Waals surface area (Å²) in [6.45, 7) is 9.38. The van der Waals surface area contributed by atoms with Crippen LogP contribution in [0.5, 0.6) is 0 Å². The molecule has 7 nitrogen and oxygen atoms in total. The van der Waals surface area contributed by atoms with Crippen LogP contribution < -0.4 is 4.90 Å². The minimum Gasteiger partial charge on any atom is -0.466 e. The number of fused-ring (bicyclic) bond motifs is 1. The summed E-state index contributed by atoms with van der Waals surface area (Å²) in [4.78, 5) is 38.4. The van der Waals surface area contributed by atoms with E-state index in [4.69, 9.17) is 9.72 Å². The lowest BCUT2D eigenvalue weighted by Crippen LogP contribution is -2.46. The van der Waals surface area contributed by atoms with Crippen molar-refractivity contribution in [3.63, 3.8) is 0 Å². The second kappa shape index (κ2) is 9.34. The molecule has 0 bridgehead atoms. The molecule has 0 unspecified atom stereocenters. The normalized spacial score (nSPS) is 21.8. The first-order valence-electron chi connectivity index (χ1n) is 10.6. The molecule has 28 heavy (non-hydrogen) atoms. The van der Waals surface area contributed by atoms with Crippen molar-refractivity contribution in [2.75, 3.05) is 37.7 Å². The fourth-order valence-corrected chi connectivity index (χ4v) is 4.25. The van der Waals surface area contributed by atoms with Gasteiger partial charge in [-0.1, -0.05) is 0 Å². The standard InChI is InChI=1S/C21H32N4O3/c1-4-24(5-2)21-22-13-17-12-15(9-10-18(17)23-21)19(26)25-11-7-8-16(14-25)20(27)28-6-3/h13,15-16H,4-12,14H2,1-3H3/t15-,16+/m1/s1. The number of anilines is 1. The number of aryl methyl sites for hydroxylation is 1. The number of piperidine rings is 1. The third-order valence-electron chi connectivity index (χ3n) is 5.89. The van der Waals surface area contributed by atoms with Crippen molar-refractivity contribution in [3.8, 4) is 0 Å². The number of esters is 1. The minimum absolute atomic E-state index is 0.0450. The summed E-state index contributed by atoms with van der Waals surface area (Å²) in [6.07, 6.45) is 5.85. The number of carbonyl (C=O) groups excluding carboxylic acids is 2. The van der Waals surface area contributed by atoms with Crippen molar-refractivity contribution < 1.29 is 14.3 Å². The van der Waals surface area contributed by atoms with Gasteiger partial charge in [0.05, 0.1) is 12.5 Å². The maximum absolute atomic E-state index is 13.1. The first kappa shape index (κ1) is 20.6.